The van der Waals surface area contributed by atoms with Crippen LogP contribution in [0.2, 0.25) is 0 Å². The molecule has 0 aliphatic carbocycles. The molecule has 1 heterocycles. The first-order chi connectivity index (χ1) is 10.7. The Morgan fingerprint density at radius 3 is 2.55 bits per heavy atom. The molecule has 1 N–H and O–H groups in total. The van der Waals surface area contributed by atoms with Gasteiger partial charge in [0.25, 0.3) is 0 Å². The fourth-order valence-electron chi connectivity index (χ4n) is 3.25. The summed E-state index contributed by atoms with van der Waals surface area (Å²) in [5.74, 6) is 0.259. The maximum atomic E-state index is 13.1. The van der Waals surface area contributed by atoms with Crippen LogP contribution < -0.4 is 5.32 Å². The first-order valence-electron chi connectivity index (χ1n) is 8.25. The number of hydrogen-bond acceptors (Lipinski definition) is 3. The summed E-state index contributed by atoms with van der Waals surface area (Å²) >= 11 is 0. The number of likely N-dealkylation sites (N-methyl/N-ethyl adjacent to an activating group) is 1. The van der Waals surface area contributed by atoms with E-state index in [1.54, 1.807) is 7.11 Å². The summed E-state index contributed by atoms with van der Waals surface area (Å²) in [6, 6.07) is 10.4. The predicted molar refractivity (Wildman–Crippen MR) is 88.8 cm³/mol. The second-order valence-corrected chi connectivity index (χ2v) is 6.08. The van der Waals surface area contributed by atoms with Crippen molar-refractivity contribution in [2.75, 3.05) is 39.9 Å². The Morgan fingerprint density at radius 1 is 1.27 bits per heavy atom. The molecule has 4 heteroatoms. The van der Waals surface area contributed by atoms with Gasteiger partial charge in [0.1, 0.15) is 0 Å². The number of ether oxygens (including phenoxy) is 1. The zero-order chi connectivity index (χ0) is 15.8. The topological polar surface area (TPSA) is 41.6 Å². The van der Waals surface area contributed by atoms with Crippen LogP contribution in [0.15, 0.2) is 30.3 Å². The fraction of sp³-hybridized carbons (Fsp3) is 0.611. The number of carbonyl (C=O) groups excluding carboxylic acids is 1. The van der Waals surface area contributed by atoms with Crippen LogP contribution in [0.1, 0.15) is 25.3 Å². The molecule has 0 saturated carbocycles. The fourth-order valence-corrected chi connectivity index (χ4v) is 3.25. The molecule has 0 unspecified atom stereocenters. The lowest BCUT2D eigenvalue weighted by Crippen LogP contribution is -2.52. The summed E-state index contributed by atoms with van der Waals surface area (Å²) in [5.41, 5.74) is 0.937. The Morgan fingerprint density at radius 2 is 1.95 bits per heavy atom. The summed E-state index contributed by atoms with van der Waals surface area (Å²) in [4.78, 5) is 15.1. The van der Waals surface area contributed by atoms with E-state index in [1.165, 1.54) is 5.56 Å². The number of amides is 1. The number of nitrogens with one attached hydrogen (secondary N) is 1. The summed E-state index contributed by atoms with van der Waals surface area (Å²) in [7, 11) is 1.69. The van der Waals surface area contributed by atoms with E-state index in [0.717, 1.165) is 45.4 Å². The van der Waals surface area contributed by atoms with Crippen molar-refractivity contribution >= 4 is 5.91 Å². The van der Waals surface area contributed by atoms with Crippen molar-refractivity contribution in [3.05, 3.63) is 35.9 Å². The molecule has 0 bridgehead atoms. The molecular formula is C18H28N2O2. The lowest BCUT2D eigenvalue weighted by Gasteiger charge is -2.39. The molecule has 0 aromatic heterocycles. The second-order valence-electron chi connectivity index (χ2n) is 6.08. The average Bonchev–Trinajstić information content (AvgIpc) is 2.57. The third-order valence-electron chi connectivity index (χ3n) is 4.62. The molecule has 1 fully saturated rings. The maximum Gasteiger partial charge on any atom is 0.231 e. The molecule has 0 spiro atoms. The van der Waals surface area contributed by atoms with Gasteiger partial charge in [-0.1, -0.05) is 30.3 Å². The second kappa shape index (κ2) is 8.30. The summed E-state index contributed by atoms with van der Waals surface area (Å²) < 4.78 is 5.39. The molecule has 4 nitrogen and oxygen atoms in total. The number of nitrogens with zero attached hydrogens (tertiary/aromatic N) is 1. The molecule has 1 aromatic rings. The average molecular weight is 304 g/mol. The zero-order valence-electron chi connectivity index (χ0n) is 13.8. The van der Waals surface area contributed by atoms with Crippen LogP contribution in [-0.2, 0) is 16.0 Å². The van der Waals surface area contributed by atoms with E-state index < -0.39 is 0 Å². The molecule has 0 atom stereocenters. The zero-order valence-corrected chi connectivity index (χ0v) is 13.8. The van der Waals surface area contributed by atoms with Crippen molar-refractivity contribution < 1.29 is 9.53 Å². The minimum atomic E-state index is -0.341. The van der Waals surface area contributed by atoms with Gasteiger partial charge in [0.2, 0.25) is 5.91 Å². The van der Waals surface area contributed by atoms with Crippen LogP contribution in [0.3, 0.4) is 0 Å². The van der Waals surface area contributed by atoms with Gasteiger partial charge in [-0.2, -0.15) is 0 Å². The highest BCUT2D eigenvalue weighted by Gasteiger charge is 2.41. The van der Waals surface area contributed by atoms with E-state index in [9.17, 15) is 4.79 Å². The van der Waals surface area contributed by atoms with E-state index in [-0.39, 0.29) is 11.3 Å². The minimum absolute atomic E-state index is 0.259. The molecule has 1 aliphatic rings. The SMILES string of the molecule is CCN(CCc1ccccc1)C(=O)C1(COC)CCNCC1. The molecule has 1 saturated heterocycles. The first kappa shape index (κ1) is 17.0. The third-order valence-corrected chi connectivity index (χ3v) is 4.62. The van der Waals surface area contributed by atoms with Crippen molar-refractivity contribution in [2.45, 2.75) is 26.2 Å². The van der Waals surface area contributed by atoms with E-state index in [2.05, 4.69) is 24.4 Å². The summed E-state index contributed by atoms with van der Waals surface area (Å²) in [6.45, 7) is 5.90. The van der Waals surface area contributed by atoms with E-state index in [4.69, 9.17) is 4.74 Å². The van der Waals surface area contributed by atoms with E-state index in [0.29, 0.717) is 6.61 Å². The normalized spacial score (nSPS) is 17.2. The number of benzene rings is 1. The summed E-state index contributed by atoms with van der Waals surface area (Å²) in [6.07, 6.45) is 2.63. The van der Waals surface area contributed by atoms with Crippen LogP contribution in [0.4, 0.5) is 0 Å². The van der Waals surface area contributed by atoms with Crippen LogP contribution in [0.5, 0.6) is 0 Å². The van der Waals surface area contributed by atoms with Gasteiger partial charge in [0, 0.05) is 20.2 Å². The van der Waals surface area contributed by atoms with E-state index >= 15 is 0 Å². The van der Waals surface area contributed by atoms with Crippen LogP contribution >= 0.6 is 0 Å². The Kier molecular flexibility index (Phi) is 6.40. The Labute approximate surface area is 133 Å². The van der Waals surface area contributed by atoms with Gasteiger partial charge in [-0.15, -0.1) is 0 Å². The van der Waals surface area contributed by atoms with Crippen molar-refractivity contribution in [3.8, 4) is 0 Å². The first-order valence-corrected chi connectivity index (χ1v) is 8.25. The number of rotatable bonds is 7. The van der Waals surface area contributed by atoms with Crippen molar-refractivity contribution in [1.82, 2.24) is 10.2 Å². The lowest BCUT2D eigenvalue weighted by atomic mass is 9.78. The summed E-state index contributed by atoms with van der Waals surface area (Å²) in [5, 5.41) is 3.34. The lowest BCUT2D eigenvalue weighted by molar-refractivity contribution is -0.147. The van der Waals surface area contributed by atoms with Crippen LogP contribution in [0, 0.1) is 5.41 Å². The number of carbonyl (C=O) groups is 1. The minimum Gasteiger partial charge on any atom is -0.384 e. The molecule has 22 heavy (non-hydrogen) atoms. The smallest absolute Gasteiger partial charge is 0.231 e. The number of piperidine rings is 1. The molecule has 1 amide bonds. The number of hydrogen-bond donors (Lipinski definition) is 1. The van der Waals surface area contributed by atoms with E-state index in [1.807, 2.05) is 23.1 Å². The monoisotopic (exact) mass is 304 g/mol. The Balaban J connectivity index is 2.02. The largest absolute Gasteiger partial charge is 0.384 e. The van der Waals surface area contributed by atoms with Crippen molar-refractivity contribution in [1.29, 1.82) is 0 Å². The number of methoxy groups -OCH3 is 1. The van der Waals surface area contributed by atoms with Gasteiger partial charge in [-0.3, -0.25) is 4.79 Å². The molecule has 1 aliphatic heterocycles. The highest BCUT2D eigenvalue weighted by atomic mass is 16.5. The Bertz CT molecular complexity index is 450. The highest BCUT2D eigenvalue weighted by Crippen LogP contribution is 2.31. The predicted octanol–water partition coefficient (Wildman–Crippen LogP) is 2.09. The van der Waals surface area contributed by atoms with Gasteiger partial charge < -0.3 is 15.0 Å². The van der Waals surface area contributed by atoms with Gasteiger partial charge in [-0.05, 0) is 44.8 Å². The van der Waals surface area contributed by atoms with Crippen LogP contribution in [-0.4, -0.2) is 50.7 Å². The standard InChI is InChI=1S/C18H28N2O2/c1-3-20(14-9-16-7-5-4-6-8-16)17(21)18(15-22-2)10-12-19-13-11-18/h4-8,19H,3,9-15H2,1-2H3. The van der Waals surface area contributed by atoms with Crippen molar-refractivity contribution in [3.63, 3.8) is 0 Å². The van der Waals surface area contributed by atoms with Crippen molar-refractivity contribution in [2.24, 2.45) is 5.41 Å². The van der Waals surface area contributed by atoms with Gasteiger partial charge in [0.15, 0.2) is 0 Å². The Hall–Kier alpha value is -1.39. The molecular weight excluding hydrogens is 276 g/mol. The van der Waals surface area contributed by atoms with Gasteiger partial charge in [-0.25, -0.2) is 0 Å². The quantitative estimate of drug-likeness (QED) is 0.839. The third kappa shape index (κ3) is 4.08. The van der Waals surface area contributed by atoms with Gasteiger partial charge in [0.05, 0.1) is 12.0 Å². The molecule has 0 radical (unpaired) electrons. The molecule has 2 rings (SSSR count). The molecule has 1 aromatic carbocycles. The highest BCUT2D eigenvalue weighted by molar-refractivity contribution is 5.83. The maximum absolute atomic E-state index is 13.1. The molecule has 122 valence electrons. The van der Waals surface area contributed by atoms with Gasteiger partial charge >= 0.3 is 0 Å². The van der Waals surface area contributed by atoms with Crippen LogP contribution in [0.25, 0.3) is 0 Å².